The second-order valence-electron chi connectivity index (χ2n) is 5.96. The van der Waals surface area contributed by atoms with Crippen molar-refractivity contribution in [3.63, 3.8) is 0 Å². The number of nitrogens with zero attached hydrogens (tertiary/aromatic N) is 2. The van der Waals surface area contributed by atoms with Gasteiger partial charge in [0.15, 0.2) is 0 Å². The molecule has 3 N–H and O–H groups in total. The lowest BCUT2D eigenvalue weighted by Crippen LogP contribution is -2.03. The molecule has 26 heavy (non-hydrogen) atoms. The highest BCUT2D eigenvalue weighted by Crippen LogP contribution is 2.35. The lowest BCUT2D eigenvalue weighted by molar-refractivity contribution is 1.26. The Morgan fingerprint density at radius 3 is 2.88 bits per heavy atom. The summed E-state index contributed by atoms with van der Waals surface area (Å²) in [5.74, 6) is 0.639. The first-order valence-electron chi connectivity index (χ1n) is 8.00. The van der Waals surface area contributed by atoms with E-state index in [1.807, 2.05) is 36.4 Å². The second-order valence-corrected chi connectivity index (χ2v) is 6.40. The summed E-state index contributed by atoms with van der Waals surface area (Å²) < 4.78 is 0. The van der Waals surface area contributed by atoms with Crippen molar-refractivity contribution in [2.45, 2.75) is 0 Å². The normalized spacial score (nSPS) is 11.4. The van der Waals surface area contributed by atoms with Crippen LogP contribution in [0.25, 0.3) is 32.7 Å². The summed E-state index contributed by atoms with van der Waals surface area (Å²) >= 11 is 6.10. The monoisotopic (exact) mass is 361 g/mol. The summed E-state index contributed by atoms with van der Waals surface area (Å²) in [5, 5.41) is 6.51. The SMILES string of the molecule is O=c1[nH]ccc2c1[nH]c1c3ccncc3nc(Nc3cccc(Cl)c3)c21. The molecule has 126 valence electrons. The predicted octanol–water partition coefficient (Wildman–Crippen LogP) is 4.35. The molecule has 0 aliphatic rings. The van der Waals surface area contributed by atoms with Crippen LogP contribution in [-0.4, -0.2) is 19.9 Å². The third-order valence-corrected chi connectivity index (χ3v) is 4.59. The van der Waals surface area contributed by atoms with Gasteiger partial charge in [-0.15, -0.1) is 0 Å². The molecule has 0 spiro atoms. The van der Waals surface area contributed by atoms with Gasteiger partial charge in [-0.3, -0.25) is 9.78 Å². The number of rotatable bonds is 2. The van der Waals surface area contributed by atoms with Gasteiger partial charge in [0.2, 0.25) is 0 Å². The largest absolute Gasteiger partial charge is 0.349 e. The van der Waals surface area contributed by atoms with Crippen LogP contribution < -0.4 is 10.9 Å². The molecule has 7 heteroatoms. The van der Waals surface area contributed by atoms with E-state index in [0.29, 0.717) is 16.4 Å². The molecule has 0 amide bonds. The molecule has 0 aliphatic heterocycles. The Kier molecular flexibility index (Phi) is 3.20. The van der Waals surface area contributed by atoms with E-state index in [1.54, 1.807) is 18.6 Å². The van der Waals surface area contributed by atoms with Gasteiger partial charge in [-0.05, 0) is 30.3 Å². The molecule has 0 unspecified atom stereocenters. The minimum Gasteiger partial charge on any atom is -0.349 e. The molecule has 1 aromatic carbocycles. The third kappa shape index (κ3) is 2.23. The quantitative estimate of drug-likeness (QED) is 0.436. The zero-order chi connectivity index (χ0) is 17.7. The van der Waals surface area contributed by atoms with E-state index >= 15 is 0 Å². The van der Waals surface area contributed by atoms with Crippen molar-refractivity contribution in [3.05, 3.63) is 70.4 Å². The van der Waals surface area contributed by atoms with Crippen molar-refractivity contribution < 1.29 is 0 Å². The van der Waals surface area contributed by atoms with E-state index in [9.17, 15) is 4.79 Å². The summed E-state index contributed by atoms with van der Waals surface area (Å²) in [6.45, 7) is 0. The van der Waals surface area contributed by atoms with Crippen LogP contribution in [0.2, 0.25) is 5.02 Å². The highest BCUT2D eigenvalue weighted by Gasteiger charge is 2.16. The van der Waals surface area contributed by atoms with Gasteiger partial charge in [-0.25, -0.2) is 4.98 Å². The fourth-order valence-corrected chi connectivity index (χ4v) is 3.43. The molecule has 5 rings (SSSR count). The van der Waals surface area contributed by atoms with E-state index in [1.165, 1.54) is 0 Å². The average Bonchev–Trinajstić information content (AvgIpc) is 3.04. The molecule has 6 nitrogen and oxygen atoms in total. The number of H-pyrrole nitrogens is 2. The van der Waals surface area contributed by atoms with Crippen LogP contribution in [0.3, 0.4) is 0 Å². The molecule has 0 radical (unpaired) electrons. The minimum atomic E-state index is -0.172. The molecule has 0 bridgehead atoms. The molecule has 4 heterocycles. The first-order valence-corrected chi connectivity index (χ1v) is 8.38. The van der Waals surface area contributed by atoms with Gasteiger partial charge in [0.1, 0.15) is 11.3 Å². The van der Waals surface area contributed by atoms with Gasteiger partial charge in [0.05, 0.1) is 22.6 Å². The van der Waals surface area contributed by atoms with Crippen LogP contribution in [0, 0.1) is 0 Å². The molecule has 0 saturated heterocycles. The predicted molar refractivity (Wildman–Crippen MR) is 104 cm³/mol. The summed E-state index contributed by atoms with van der Waals surface area (Å²) in [6.07, 6.45) is 5.05. The summed E-state index contributed by atoms with van der Waals surface area (Å²) in [7, 11) is 0. The Labute approximate surface area is 151 Å². The van der Waals surface area contributed by atoms with Gasteiger partial charge in [-0.2, -0.15) is 0 Å². The van der Waals surface area contributed by atoms with Crippen LogP contribution in [0.1, 0.15) is 0 Å². The van der Waals surface area contributed by atoms with E-state index in [0.717, 1.165) is 32.9 Å². The number of aromatic amines is 2. The Morgan fingerprint density at radius 1 is 1.08 bits per heavy atom. The number of hydrogen-bond acceptors (Lipinski definition) is 4. The minimum absolute atomic E-state index is 0.172. The molecule has 0 saturated carbocycles. The number of halogens is 1. The first kappa shape index (κ1) is 14.9. The molecule has 0 fully saturated rings. The Hall–Kier alpha value is -3.38. The lowest BCUT2D eigenvalue weighted by Gasteiger charge is -2.09. The molecule has 0 atom stereocenters. The lowest BCUT2D eigenvalue weighted by atomic mass is 10.1. The summed E-state index contributed by atoms with van der Waals surface area (Å²) in [5.41, 5.74) is 2.73. The van der Waals surface area contributed by atoms with Crippen molar-refractivity contribution in [2.75, 3.05) is 5.32 Å². The number of aromatic nitrogens is 4. The standard InChI is InChI=1S/C19H12ClN5O/c20-10-2-1-3-11(8-10)23-18-15-13-5-7-22-19(26)17(13)25-16(15)12-4-6-21-9-14(12)24-18/h1-9,25H,(H,22,26)(H,23,24). The van der Waals surface area contributed by atoms with Crippen molar-refractivity contribution in [2.24, 2.45) is 0 Å². The van der Waals surface area contributed by atoms with Gasteiger partial charge >= 0.3 is 0 Å². The highest BCUT2D eigenvalue weighted by molar-refractivity contribution is 6.30. The summed E-state index contributed by atoms with van der Waals surface area (Å²) in [4.78, 5) is 27.1. The number of fused-ring (bicyclic) bond motifs is 5. The molecule has 0 aliphatic carbocycles. The topological polar surface area (TPSA) is 86.5 Å². The third-order valence-electron chi connectivity index (χ3n) is 4.36. The van der Waals surface area contributed by atoms with Crippen molar-refractivity contribution in [1.82, 2.24) is 19.9 Å². The fraction of sp³-hybridized carbons (Fsp3) is 0. The number of pyridine rings is 3. The highest BCUT2D eigenvalue weighted by atomic mass is 35.5. The number of benzene rings is 1. The Bertz CT molecular complexity index is 1350. The van der Waals surface area contributed by atoms with Crippen molar-refractivity contribution >= 4 is 55.8 Å². The molecule has 4 aromatic heterocycles. The van der Waals surface area contributed by atoms with E-state index in [4.69, 9.17) is 16.6 Å². The van der Waals surface area contributed by atoms with Crippen molar-refractivity contribution in [1.29, 1.82) is 0 Å². The maximum atomic E-state index is 12.2. The van der Waals surface area contributed by atoms with Gasteiger partial charge in [0.25, 0.3) is 5.56 Å². The number of nitrogens with one attached hydrogen (secondary N) is 3. The number of anilines is 2. The smallest absolute Gasteiger partial charge is 0.272 e. The van der Waals surface area contributed by atoms with Crippen molar-refractivity contribution in [3.8, 4) is 0 Å². The number of hydrogen-bond donors (Lipinski definition) is 3. The van der Waals surface area contributed by atoms with E-state index in [-0.39, 0.29) is 5.56 Å². The van der Waals surface area contributed by atoms with Crippen LogP contribution in [0.5, 0.6) is 0 Å². The van der Waals surface area contributed by atoms with Crippen LogP contribution in [0.15, 0.2) is 59.8 Å². The fourth-order valence-electron chi connectivity index (χ4n) is 3.24. The first-order chi connectivity index (χ1) is 12.7. The van der Waals surface area contributed by atoms with Gasteiger partial charge in [0, 0.05) is 33.9 Å². The van der Waals surface area contributed by atoms with Crippen LogP contribution in [-0.2, 0) is 0 Å². The maximum Gasteiger partial charge on any atom is 0.272 e. The average molecular weight is 362 g/mol. The molecule has 5 aromatic rings. The summed E-state index contributed by atoms with van der Waals surface area (Å²) in [6, 6.07) is 11.2. The van der Waals surface area contributed by atoms with Crippen LogP contribution in [0.4, 0.5) is 11.5 Å². The Morgan fingerprint density at radius 2 is 2.00 bits per heavy atom. The van der Waals surface area contributed by atoms with Gasteiger partial charge in [-0.1, -0.05) is 17.7 Å². The van der Waals surface area contributed by atoms with E-state index in [2.05, 4.69) is 20.3 Å². The Balaban J connectivity index is 1.89. The molecular formula is C19H12ClN5O. The molecular weight excluding hydrogens is 350 g/mol. The van der Waals surface area contributed by atoms with Gasteiger partial charge < -0.3 is 15.3 Å². The maximum absolute atomic E-state index is 12.2. The zero-order valence-electron chi connectivity index (χ0n) is 13.4. The zero-order valence-corrected chi connectivity index (χ0v) is 14.1. The van der Waals surface area contributed by atoms with E-state index < -0.39 is 0 Å². The second kappa shape index (κ2) is 5.57. The van der Waals surface area contributed by atoms with Crippen LogP contribution >= 0.6 is 11.6 Å².